The highest BCUT2D eigenvalue weighted by Crippen LogP contribution is 2.17. The lowest BCUT2D eigenvalue weighted by atomic mass is 9.98. The maximum absolute atomic E-state index is 11.9. The maximum Gasteiger partial charge on any atom is 0.330 e. The van der Waals surface area contributed by atoms with Crippen LogP contribution in [0.4, 0.5) is 0 Å². The van der Waals surface area contributed by atoms with Crippen molar-refractivity contribution in [3.05, 3.63) is 12.2 Å². The molecule has 0 spiro atoms. The lowest BCUT2D eigenvalue weighted by molar-refractivity contribution is -0.137. The molecule has 128 valence electrons. The zero-order chi connectivity index (χ0) is 17.2. The normalized spacial score (nSPS) is 18.5. The van der Waals surface area contributed by atoms with Crippen LogP contribution in [-0.4, -0.2) is 42.8 Å². The van der Waals surface area contributed by atoms with Crippen LogP contribution in [0.5, 0.6) is 0 Å². The van der Waals surface area contributed by atoms with Gasteiger partial charge in [0.15, 0.2) is 0 Å². The summed E-state index contributed by atoms with van der Waals surface area (Å²) in [6.07, 6.45) is 4.17. The minimum atomic E-state index is -0.494. The first kappa shape index (κ1) is 18.9. The first-order chi connectivity index (χ1) is 10.9. The molecular formula is C16H24N2O5. The Morgan fingerprint density at radius 1 is 1.39 bits per heavy atom. The van der Waals surface area contributed by atoms with E-state index in [-0.39, 0.29) is 43.0 Å². The molecule has 23 heavy (non-hydrogen) atoms. The van der Waals surface area contributed by atoms with Gasteiger partial charge in [-0.15, -0.1) is 0 Å². The van der Waals surface area contributed by atoms with Gasteiger partial charge >= 0.3 is 5.97 Å². The summed E-state index contributed by atoms with van der Waals surface area (Å²) in [6.45, 7) is 4.02. The predicted molar refractivity (Wildman–Crippen MR) is 83.4 cm³/mol. The van der Waals surface area contributed by atoms with Gasteiger partial charge in [0, 0.05) is 37.4 Å². The second-order valence-corrected chi connectivity index (χ2v) is 5.50. The number of rotatable bonds is 9. The molecule has 0 bridgehead atoms. The number of amides is 2. The molecular weight excluding hydrogens is 300 g/mol. The Morgan fingerprint density at radius 2 is 2.13 bits per heavy atom. The Balaban J connectivity index is 2.63. The van der Waals surface area contributed by atoms with E-state index in [0.29, 0.717) is 19.4 Å². The SMILES string of the molecule is CCOC(=O)C=C[C@H](C[C@@H]1CCNC1=O)NC(=O)CCC(C)=O. The standard InChI is InChI=1S/C16H24N2O5/c1-3-23-15(21)7-5-13(10-12-8-9-17-16(12)22)18-14(20)6-4-11(2)19/h5,7,12-13H,3-4,6,8-10H2,1-2H3,(H,17,22)(H,18,20)/t12-,13+/m0/s1. The molecule has 1 rings (SSSR count). The predicted octanol–water partition coefficient (Wildman–Crippen LogP) is 0.486. The van der Waals surface area contributed by atoms with Gasteiger partial charge in [-0.1, -0.05) is 6.08 Å². The van der Waals surface area contributed by atoms with Gasteiger partial charge in [0.1, 0.15) is 5.78 Å². The molecule has 0 radical (unpaired) electrons. The number of carbonyl (C=O) groups is 4. The molecule has 0 unspecified atom stereocenters. The van der Waals surface area contributed by atoms with Crippen LogP contribution in [0, 0.1) is 5.92 Å². The molecule has 1 fully saturated rings. The van der Waals surface area contributed by atoms with Gasteiger partial charge in [-0.2, -0.15) is 0 Å². The third-order valence-electron chi connectivity index (χ3n) is 3.50. The van der Waals surface area contributed by atoms with E-state index in [4.69, 9.17) is 4.74 Å². The van der Waals surface area contributed by atoms with Crippen LogP contribution in [0.3, 0.4) is 0 Å². The van der Waals surface area contributed by atoms with E-state index in [1.807, 2.05) is 0 Å². The van der Waals surface area contributed by atoms with Gasteiger partial charge in [-0.05, 0) is 26.7 Å². The zero-order valence-corrected chi connectivity index (χ0v) is 13.6. The number of esters is 1. The van der Waals surface area contributed by atoms with Crippen LogP contribution in [0.1, 0.15) is 39.5 Å². The number of hydrogen-bond acceptors (Lipinski definition) is 5. The molecule has 0 saturated carbocycles. The molecule has 7 heteroatoms. The van der Waals surface area contributed by atoms with Crippen molar-refractivity contribution in [1.29, 1.82) is 0 Å². The second-order valence-electron chi connectivity index (χ2n) is 5.50. The van der Waals surface area contributed by atoms with Gasteiger partial charge in [-0.3, -0.25) is 9.59 Å². The van der Waals surface area contributed by atoms with E-state index < -0.39 is 12.0 Å². The molecule has 0 aromatic heterocycles. The Morgan fingerprint density at radius 3 is 2.70 bits per heavy atom. The van der Waals surface area contributed by atoms with Crippen LogP contribution < -0.4 is 10.6 Å². The van der Waals surface area contributed by atoms with Crippen LogP contribution in [0.25, 0.3) is 0 Å². The molecule has 1 aliphatic heterocycles. The number of ketones is 1. The Hall–Kier alpha value is -2.18. The Labute approximate surface area is 135 Å². The monoisotopic (exact) mass is 324 g/mol. The molecule has 7 nitrogen and oxygen atoms in total. The van der Waals surface area contributed by atoms with Crippen LogP contribution in [-0.2, 0) is 23.9 Å². The summed E-state index contributed by atoms with van der Waals surface area (Å²) < 4.78 is 4.80. The van der Waals surface area contributed by atoms with E-state index in [1.165, 1.54) is 19.1 Å². The van der Waals surface area contributed by atoms with Crippen molar-refractivity contribution >= 4 is 23.6 Å². The van der Waals surface area contributed by atoms with E-state index in [9.17, 15) is 19.2 Å². The summed E-state index contributed by atoms with van der Waals surface area (Å²) in [6, 6.07) is -0.451. The minimum Gasteiger partial charge on any atom is -0.463 e. The van der Waals surface area contributed by atoms with Crippen LogP contribution >= 0.6 is 0 Å². The van der Waals surface area contributed by atoms with Gasteiger partial charge in [0.2, 0.25) is 11.8 Å². The van der Waals surface area contributed by atoms with Gasteiger partial charge in [0.05, 0.1) is 6.61 Å². The molecule has 1 saturated heterocycles. The first-order valence-electron chi connectivity index (χ1n) is 7.83. The van der Waals surface area contributed by atoms with E-state index in [1.54, 1.807) is 6.92 Å². The van der Waals surface area contributed by atoms with Crippen molar-refractivity contribution in [2.45, 2.75) is 45.6 Å². The van der Waals surface area contributed by atoms with Gasteiger partial charge < -0.3 is 20.2 Å². The highest BCUT2D eigenvalue weighted by Gasteiger charge is 2.27. The fourth-order valence-electron chi connectivity index (χ4n) is 2.32. The first-order valence-corrected chi connectivity index (χ1v) is 7.83. The highest BCUT2D eigenvalue weighted by molar-refractivity contribution is 5.85. The van der Waals surface area contributed by atoms with Crippen molar-refractivity contribution in [1.82, 2.24) is 10.6 Å². The average molecular weight is 324 g/mol. The molecule has 0 aromatic carbocycles. The molecule has 2 amide bonds. The van der Waals surface area contributed by atoms with Gasteiger partial charge in [0.25, 0.3) is 0 Å². The number of hydrogen-bond donors (Lipinski definition) is 2. The summed E-state index contributed by atoms with van der Waals surface area (Å²) >= 11 is 0. The van der Waals surface area contributed by atoms with Gasteiger partial charge in [-0.25, -0.2) is 4.79 Å². The molecule has 0 aromatic rings. The van der Waals surface area contributed by atoms with Crippen LogP contribution in [0.2, 0.25) is 0 Å². The largest absolute Gasteiger partial charge is 0.463 e. The third-order valence-corrected chi connectivity index (χ3v) is 3.50. The summed E-state index contributed by atoms with van der Waals surface area (Å²) in [5.74, 6) is -1.07. The van der Waals surface area contributed by atoms with Crippen molar-refractivity contribution < 1.29 is 23.9 Å². The average Bonchev–Trinajstić information content (AvgIpc) is 2.88. The topological polar surface area (TPSA) is 102 Å². The Kier molecular flexibility index (Phi) is 8.01. The number of ether oxygens (including phenoxy) is 1. The van der Waals surface area contributed by atoms with E-state index in [2.05, 4.69) is 10.6 Å². The van der Waals surface area contributed by atoms with Crippen molar-refractivity contribution in [3.8, 4) is 0 Å². The smallest absolute Gasteiger partial charge is 0.330 e. The number of Topliss-reactive ketones (excluding diaryl/α,β-unsaturated/α-hetero) is 1. The fraction of sp³-hybridized carbons (Fsp3) is 0.625. The molecule has 2 N–H and O–H groups in total. The minimum absolute atomic E-state index is 0.0440. The zero-order valence-electron chi connectivity index (χ0n) is 13.6. The molecule has 1 heterocycles. The summed E-state index contributed by atoms with van der Waals surface area (Å²) in [4.78, 5) is 45.9. The highest BCUT2D eigenvalue weighted by atomic mass is 16.5. The summed E-state index contributed by atoms with van der Waals surface area (Å²) in [7, 11) is 0. The second kappa shape index (κ2) is 9.76. The lowest BCUT2D eigenvalue weighted by Gasteiger charge is -2.17. The van der Waals surface area contributed by atoms with Crippen LogP contribution in [0.15, 0.2) is 12.2 Å². The fourth-order valence-corrected chi connectivity index (χ4v) is 2.32. The third kappa shape index (κ3) is 7.58. The lowest BCUT2D eigenvalue weighted by Crippen LogP contribution is -2.36. The Bertz CT molecular complexity index is 487. The summed E-state index contributed by atoms with van der Waals surface area (Å²) in [5, 5.41) is 5.49. The number of carbonyl (C=O) groups excluding carboxylic acids is 4. The van der Waals surface area contributed by atoms with Crippen molar-refractivity contribution in [3.63, 3.8) is 0 Å². The van der Waals surface area contributed by atoms with Crippen molar-refractivity contribution in [2.24, 2.45) is 5.92 Å². The molecule has 0 aliphatic carbocycles. The number of nitrogens with one attached hydrogen (secondary N) is 2. The maximum atomic E-state index is 11.9. The summed E-state index contributed by atoms with van der Waals surface area (Å²) in [5.41, 5.74) is 0. The van der Waals surface area contributed by atoms with Crippen molar-refractivity contribution in [2.75, 3.05) is 13.2 Å². The molecule has 2 atom stereocenters. The van der Waals surface area contributed by atoms with E-state index >= 15 is 0 Å². The molecule has 1 aliphatic rings. The van der Waals surface area contributed by atoms with E-state index in [0.717, 1.165) is 0 Å². The quantitative estimate of drug-likeness (QED) is 0.475.